The average Bonchev–Trinajstić information content (AvgIpc) is 3.10. The Kier molecular flexibility index (Phi) is 6.65. The Morgan fingerprint density at radius 1 is 1.04 bits per heavy atom. The minimum atomic E-state index is 0. The van der Waals surface area contributed by atoms with Crippen LogP contribution in [0.25, 0.3) is 5.82 Å². The first-order chi connectivity index (χ1) is 10.9. The Hall–Kier alpha value is -1.82. The number of halogens is 1. The van der Waals surface area contributed by atoms with E-state index in [1.165, 1.54) is 10.5 Å². The van der Waals surface area contributed by atoms with Crippen LogP contribution < -0.4 is 5.32 Å². The van der Waals surface area contributed by atoms with Crippen LogP contribution in [0.15, 0.2) is 66.0 Å². The van der Waals surface area contributed by atoms with Gasteiger partial charge in [-0.15, -0.1) is 24.2 Å². The minimum absolute atomic E-state index is 0. The maximum Gasteiger partial charge on any atom is 0.157 e. The van der Waals surface area contributed by atoms with E-state index in [0.29, 0.717) is 0 Å². The highest BCUT2D eigenvalue weighted by Crippen LogP contribution is 2.15. The Bertz CT molecular complexity index is 714. The minimum Gasteiger partial charge on any atom is -0.308 e. The second-order valence-corrected chi connectivity index (χ2v) is 5.77. The van der Waals surface area contributed by atoms with Crippen LogP contribution in [-0.4, -0.2) is 21.0 Å². The third kappa shape index (κ3) is 4.58. The topological polar surface area (TPSA) is 42.7 Å². The predicted molar refractivity (Wildman–Crippen MR) is 97.4 cm³/mol. The molecule has 0 fully saturated rings. The zero-order valence-electron chi connectivity index (χ0n) is 12.8. The van der Waals surface area contributed by atoms with Crippen LogP contribution >= 0.6 is 24.2 Å². The quantitative estimate of drug-likeness (QED) is 0.691. The molecule has 0 radical (unpaired) electrons. The van der Waals surface area contributed by atoms with E-state index < -0.39 is 0 Å². The summed E-state index contributed by atoms with van der Waals surface area (Å²) in [5.41, 5.74) is 2.41. The Labute approximate surface area is 146 Å². The first kappa shape index (κ1) is 17.5. The first-order valence-electron chi connectivity index (χ1n) is 7.14. The van der Waals surface area contributed by atoms with Gasteiger partial charge in [0.25, 0.3) is 0 Å². The van der Waals surface area contributed by atoms with Crippen molar-refractivity contribution in [3.8, 4) is 5.82 Å². The van der Waals surface area contributed by atoms with Crippen molar-refractivity contribution in [2.24, 2.45) is 0 Å². The van der Waals surface area contributed by atoms with Crippen LogP contribution in [0.4, 0.5) is 0 Å². The van der Waals surface area contributed by atoms with E-state index in [1.54, 1.807) is 28.8 Å². The lowest BCUT2D eigenvalue weighted by Gasteiger charge is -2.10. The van der Waals surface area contributed by atoms with Gasteiger partial charge in [-0.05, 0) is 36.1 Å². The zero-order valence-corrected chi connectivity index (χ0v) is 14.5. The van der Waals surface area contributed by atoms with E-state index in [1.807, 2.05) is 18.3 Å². The molecule has 120 valence electrons. The maximum absolute atomic E-state index is 4.43. The summed E-state index contributed by atoms with van der Waals surface area (Å²) in [5, 5.41) is 7.73. The maximum atomic E-state index is 4.43. The van der Waals surface area contributed by atoms with Crippen molar-refractivity contribution in [3.63, 3.8) is 0 Å². The zero-order chi connectivity index (χ0) is 15.2. The molecular formula is C17H19ClN4S. The van der Waals surface area contributed by atoms with Crippen LogP contribution in [0.3, 0.4) is 0 Å². The molecule has 2 heterocycles. The molecule has 1 aromatic carbocycles. The molecule has 0 unspecified atom stereocenters. The third-order valence-corrected chi connectivity index (χ3v) is 4.14. The summed E-state index contributed by atoms with van der Waals surface area (Å²) >= 11 is 1.76. The fourth-order valence-corrected chi connectivity index (χ4v) is 2.66. The average molecular weight is 347 g/mol. The highest BCUT2D eigenvalue weighted by molar-refractivity contribution is 7.98. The van der Waals surface area contributed by atoms with E-state index in [4.69, 9.17) is 0 Å². The van der Waals surface area contributed by atoms with Crippen molar-refractivity contribution in [2.75, 3.05) is 6.26 Å². The summed E-state index contributed by atoms with van der Waals surface area (Å²) in [6, 6.07) is 14.6. The molecule has 6 heteroatoms. The molecule has 0 spiro atoms. The molecule has 0 atom stereocenters. The van der Waals surface area contributed by atoms with Gasteiger partial charge in [0.1, 0.15) is 0 Å². The molecule has 0 aliphatic heterocycles. The van der Waals surface area contributed by atoms with Crippen LogP contribution in [-0.2, 0) is 13.1 Å². The third-order valence-electron chi connectivity index (χ3n) is 3.39. The van der Waals surface area contributed by atoms with Gasteiger partial charge in [-0.1, -0.05) is 18.2 Å². The van der Waals surface area contributed by atoms with Crippen LogP contribution in [0.1, 0.15) is 11.1 Å². The smallest absolute Gasteiger partial charge is 0.157 e. The molecule has 23 heavy (non-hydrogen) atoms. The molecule has 1 N–H and O–H groups in total. The summed E-state index contributed by atoms with van der Waals surface area (Å²) in [4.78, 5) is 5.72. The van der Waals surface area contributed by atoms with Crippen molar-refractivity contribution in [3.05, 3.63) is 72.2 Å². The molecule has 0 saturated carbocycles. The first-order valence-corrected chi connectivity index (χ1v) is 8.37. The van der Waals surface area contributed by atoms with Gasteiger partial charge in [0.15, 0.2) is 5.82 Å². The fraction of sp³-hybridized carbons (Fsp3) is 0.176. The lowest BCUT2D eigenvalue weighted by Crippen LogP contribution is -2.15. The highest BCUT2D eigenvalue weighted by Gasteiger charge is 2.05. The summed E-state index contributed by atoms with van der Waals surface area (Å²) in [7, 11) is 0. The second-order valence-electron chi connectivity index (χ2n) is 4.89. The molecule has 0 aliphatic rings. The van der Waals surface area contributed by atoms with E-state index in [9.17, 15) is 0 Å². The number of hydrogen-bond donors (Lipinski definition) is 1. The Morgan fingerprint density at radius 3 is 2.57 bits per heavy atom. The number of aromatic nitrogens is 3. The Balaban J connectivity index is 0.00000192. The van der Waals surface area contributed by atoms with Crippen LogP contribution in [0.2, 0.25) is 0 Å². The standard InChI is InChI=1S/C17H18N4S.ClH/c1-22-16-7-5-14(6-8-16)12-18-13-15-4-2-9-19-17(15)21-11-3-10-20-21;/h2-11,18H,12-13H2,1H3;1H. The van der Waals surface area contributed by atoms with E-state index >= 15 is 0 Å². The van der Waals surface area contributed by atoms with Crippen molar-refractivity contribution in [1.82, 2.24) is 20.1 Å². The molecule has 0 bridgehead atoms. The van der Waals surface area contributed by atoms with Gasteiger partial charge in [-0.3, -0.25) is 0 Å². The second kappa shape index (κ2) is 8.72. The number of nitrogens with one attached hydrogen (secondary N) is 1. The van der Waals surface area contributed by atoms with Gasteiger partial charge in [0.05, 0.1) is 0 Å². The number of thioether (sulfide) groups is 1. The summed E-state index contributed by atoms with van der Waals surface area (Å²) in [5.74, 6) is 0.873. The number of benzene rings is 1. The van der Waals surface area contributed by atoms with Gasteiger partial charge in [0.2, 0.25) is 0 Å². The Morgan fingerprint density at radius 2 is 1.87 bits per heavy atom. The van der Waals surface area contributed by atoms with Gasteiger partial charge in [-0.2, -0.15) is 5.10 Å². The number of nitrogens with zero attached hydrogens (tertiary/aromatic N) is 3. The summed E-state index contributed by atoms with van der Waals surface area (Å²) < 4.78 is 1.80. The molecule has 0 amide bonds. The van der Waals surface area contributed by atoms with Gasteiger partial charge < -0.3 is 5.32 Å². The largest absolute Gasteiger partial charge is 0.308 e. The molecule has 3 aromatic rings. The number of rotatable bonds is 6. The van der Waals surface area contributed by atoms with Crippen LogP contribution in [0.5, 0.6) is 0 Å². The van der Waals surface area contributed by atoms with Gasteiger partial charge >= 0.3 is 0 Å². The molecule has 0 saturated heterocycles. The highest BCUT2D eigenvalue weighted by atomic mass is 35.5. The number of hydrogen-bond acceptors (Lipinski definition) is 4. The lowest BCUT2D eigenvalue weighted by atomic mass is 10.2. The van der Waals surface area contributed by atoms with E-state index in [-0.39, 0.29) is 12.4 Å². The van der Waals surface area contributed by atoms with Gasteiger partial charge in [0, 0.05) is 42.1 Å². The predicted octanol–water partition coefficient (Wildman–Crippen LogP) is 3.70. The molecule has 4 nitrogen and oxygen atoms in total. The molecule has 2 aromatic heterocycles. The summed E-state index contributed by atoms with van der Waals surface area (Å²) in [6.07, 6.45) is 7.56. The van der Waals surface area contributed by atoms with Crippen molar-refractivity contribution in [2.45, 2.75) is 18.0 Å². The van der Waals surface area contributed by atoms with E-state index in [0.717, 1.165) is 24.5 Å². The molecular weight excluding hydrogens is 328 g/mol. The molecule has 0 aliphatic carbocycles. The fourth-order valence-electron chi connectivity index (χ4n) is 2.25. The lowest BCUT2D eigenvalue weighted by molar-refractivity contribution is 0.681. The van der Waals surface area contributed by atoms with Crippen molar-refractivity contribution < 1.29 is 0 Å². The number of pyridine rings is 1. The monoisotopic (exact) mass is 346 g/mol. The van der Waals surface area contributed by atoms with Crippen molar-refractivity contribution >= 4 is 24.2 Å². The van der Waals surface area contributed by atoms with Crippen molar-refractivity contribution in [1.29, 1.82) is 0 Å². The van der Waals surface area contributed by atoms with Crippen LogP contribution in [0, 0.1) is 0 Å². The molecule has 3 rings (SSSR count). The SMILES string of the molecule is CSc1ccc(CNCc2cccnc2-n2cccn2)cc1.Cl. The van der Waals surface area contributed by atoms with Gasteiger partial charge in [-0.25, -0.2) is 9.67 Å². The normalized spacial score (nSPS) is 10.3. The van der Waals surface area contributed by atoms with E-state index in [2.05, 4.69) is 52.0 Å². The summed E-state index contributed by atoms with van der Waals surface area (Å²) in [6.45, 7) is 1.59.